The van der Waals surface area contributed by atoms with Gasteiger partial charge in [-0.05, 0) is 42.2 Å². The van der Waals surface area contributed by atoms with Gasteiger partial charge in [0.1, 0.15) is 5.82 Å². The standard InChI is InChI=1S/C19H18BrF3N2O2/c20-16-9-13(1-5-15(16)19(21,22)23)11-25-17-6-2-12(10-24-17)7-8-27-18(26)14-3-4-14/h1-2,5-6,9-10,14H,3-4,7-8,11H2,(H,24,25). The Balaban J connectivity index is 1.48. The highest BCUT2D eigenvalue weighted by molar-refractivity contribution is 9.10. The Hall–Kier alpha value is -2.09. The lowest BCUT2D eigenvalue weighted by Crippen LogP contribution is -2.09. The molecule has 0 aliphatic heterocycles. The van der Waals surface area contributed by atoms with Gasteiger partial charge in [-0.1, -0.05) is 28.1 Å². The van der Waals surface area contributed by atoms with E-state index < -0.39 is 11.7 Å². The van der Waals surface area contributed by atoms with Gasteiger partial charge in [-0.3, -0.25) is 4.79 Å². The summed E-state index contributed by atoms with van der Waals surface area (Å²) < 4.78 is 43.5. The molecule has 0 amide bonds. The number of aromatic nitrogens is 1. The number of rotatable bonds is 7. The Morgan fingerprint density at radius 1 is 1.22 bits per heavy atom. The van der Waals surface area contributed by atoms with Gasteiger partial charge in [-0.2, -0.15) is 13.2 Å². The van der Waals surface area contributed by atoms with Crippen molar-refractivity contribution in [2.24, 2.45) is 5.92 Å². The van der Waals surface area contributed by atoms with E-state index >= 15 is 0 Å². The molecular weight excluding hydrogens is 425 g/mol. The maximum Gasteiger partial charge on any atom is 0.417 e. The molecule has 1 N–H and O–H groups in total. The van der Waals surface area contributed by atoms with Crippen molar-refractivity contribution >= 4 is 27.7 Å². The lowest BCUT2D eigenvalue weighted by molar-refractivity contribution is -0.145. The molecule has 8 heteroatoms. The van der Waals surface area contributed by atoms with E-state index in [0.29, 0.717) is 31.0 Å². The third kappa shape index (κ3) is 5.69. The minimum atomic E-state index is -4.38. The summed E-state index contributed by atoms with van der Waals surface area (Å²) in [5, 5.41) is 3.07. The van der Waals surface area contributed by atoms with Gasteiger partial charge < -0.3 is 10.1 Å². The van der Waals surface area contributed by atoms with Crippen molar-refractivity contribution in [3.63, 3.8) is 0 Å². The largest absolute Gasteiger partial charge is 0.465 e. The van der Waals surface area contributed by atoms with Gasteiger partial charge in [0.25, 0.3) is 0 Å². The number of hydrogen-bond donors (Lipinski definition) is 1. The second kappa shape index (κ2) is 8.29. The first-order valence-electron chi connectivity index (χ1n) is 8.54. The van der Waals surface area contributed by atoms with Gasteiger partial charge >= 0.3 is 12.1 Å². The molecule has 2 aromatic rings. The first-order valence-corrected chi connectivity index (χ1v) is 9.33. The van der Waals surface area contributed by atoms with E-state index in [9.17, 15) is 18.0 Å². The SMILES string of the molecule is O=C(OCCc1ccc(NCc2ccc(C(F)(F)F)c(Br)c2)nc1)C1CC1. The van der Waals surface area contributed by atoms with Crippen LogP contribution in [0.15, 0.2) is 41.0 Å². The lowest BCUT2D eigenvalue weighted by Gasteiger charge is -2.11. The molecule has 0 unspecified atom stereocenters. The molecule has 0 radical (unpaired) electrons. The van der Waals surface area contributed by atoms with Crippen molar-refractivity contribution in [2.75, 3.05) is 11.9 Å². The zero-order valence-corrected chi connectivity index (χ0v) is 15.9. The number of nitrogens with zero attached hydrogens (tertiary/aromatic N) is 1. The molecule has 1 aromatic heterocycles. The highest BCUT2D eigenvalue weighted by Crippen LogP contribution is 2.35. The Morgan fingerprint density at radius 2 is 1.96 bits per heavy atom. The zero-order valence-electron chi connectivity index (χ0n) is 14.4. The molecule has 1 heterocycles. The van der Waals surface area contributed by atoms with Crippen molar-refractivity contribution in [1.29, 1.82) is 0 Å². The van der Waals surface area contributed by atoms with Crippen LogP contribution in [0, 0.1) is 5.92 Å². The van der Waals surface area contributed by atoms with Crippen molar-refractivity contribution in [3.8, 4) is 0 Å². The molecule has 4 nitrogen and oxygen atoms in total. The average Bonchev–Trinajstić information content (AvgIpc) is 3.45. The number of anilines is 1. The maximum atomic E-state index is 12.8. The van der Waals surface area contributed by atoms with E-state index in [1.807, 2.05) is 6.07 Å². The van der Waals surface area contributed by atoms with Crippen molar-refractivity contribution in [3.05, 3.63) is 57.7 Å². The highest BCUT2D eigenvalue weighted by atomic mass is 79.9. The summed E-state index contributed by atoms with van der Waals surface area (Å²) in [5.41, 5.74) is 0.949. The van der Waals surface area contributed by atoms with Gasteiger partial charge in [0.05, 0.1) is 18.1 Å². The number of esters is 1. The van der Waals surface area contributed by atoms with E-state index in [4.69, 9.17) is 4.74 Å². The summed E-state index contributed by atoms with van der Waals surface area (Å²) in [6, 6.07) is 7.60. The van der Waals surface area contributed by atoms with E-state index in [-0.39, 0.29) is 16.4 Å². The number of halogens is 4. The van der Waals surface area contributed by atoms with Crippen LogP contribution in [0.25, 0.3) is 0 Å². The Labute approximate surface area is 163 Å². The van der Waals surface area contributed by atoms with Crippen molar-refractivity contribution in [2.45, 2.75) is 32.0 Å². The Morgan fingerprint density at radius 3 is 2.56 bits per heavy atom. The second-order valence-electron chi connectivity index (χ2n) is 6.41. The molecule has 1 saturated carbocycles. The van der Waals surface area contributed by atoms with Crippen LogP contribution < -0.4 is 5.32 Å². The summed E-state index contributed by atoms with van der Waals surface area (Å²) in [5.74, 6) is 0.591. The summed E-state index contributed by atoms with van der Waals surface area (Å²) in [7, 11) is 0. The van der Waals surface area contributed by atoms with Gasteiger partial charge in [-0.15, -0.1) is 0 Å². The molecular formula is C19H18BrF3N2O2. The lowest BCUT2D eigenvalue weighted by atomic mass is 10.1. The number of nitrogens with one attached hydrogen (secondary N) is 1. The second-order valence-corrected chi connectivity index (χ2v) is 7.26. The molecule has 1 aliphatic carbocycles. The van der Waals surface area contributed by atoms with E-state index in [1.165, 1.54) is 12.1 Å². The smallest absolute Gasteiger partial charge is 0.417 e. The quantitative estimate of drug-likeness (QED) is 0.614. The van der Waals surface area contributed by atoms with Crippen LogP contribution >= 0.6 is 15.9 Å². The van der Waals surface area contributed by atoms with Gasteiger partial charge in [0.15, 0.2) is 0 Å². The Kier molecular flexibility index (Phi) is 6.04. The third-order valence-corrected chi connectivity index (χ3v) is 4.84. The molecule has 3 rings (SSSR count). The fourth-order valence-electron chi connectivity index (χ4n) is 2.47. The molecule has 1 fully saturated rings. The van der Waals surface area contributed by atoms with Crippen molar-refractivity contribution in [1.82, 2.24) is 4.98 Å². The summed E-state index contributed by atoms with van der Waals surface area (Å²) >= 11 is 2.97. The molecule has 144 valence electrons. The first kappa shape index (κ1) is 19.7. The fourth-order valence-corrected chi connectivity index (χ4v) is 3.13. The Bertz CT molecular complexity index is 806. The predicted octanol–water partition coefficient (Wildman–Crippen LogP) is 4.97. The molecule has 1 aliphatic rings. The van der Waals surface area contributed by atoms with Gasteiger partial charge in [-0.25, -0.2) is 4.98 Å². The van der Waals surface area contributed by atoms with Gasteiger partial charge in [0.2, 0.25) is 0 Å². The first-order chi connectivity index (χ1) is 12.8. The molecule has 1 aromatic carbocycles. The number of ether oxygens (including phenoxy) is 1. The fraction of sp³-hybridized carbons (Fsp3) is 0.368. The molecule has 0 bridgehead atoms. The highest BCUT2D eigenvalue weighted by Gasteiger charge is 2.32. The average molecular weight is 443 g/mol. The number of hydrogen-bond acceptors (Lipinski definition) is 4. The van der Waals surface area contributed by atoms with Crippen molar-refractivity contribution < 1.29 is 22.7 Å². The van der Waals surface area contributed by atoms with Crippen LogP contribution in [0.2, 0.25) is 0 Å². The van der Waals surface area contributed by atoms with Crippen LogP contribution in [-0.4, -0.2) is 17.6 Å². The maximum absolute atomic E-state index is 12.8. The monoisotopic (exact) mass is 442 g/mol. The van der Waals surface area contributed by atoms with E-state index in [0.717, 1.165) is 24.5 Å². The number of carbonyl (C=O) groups excluding carboxylic acids is 1. The summed E-state index contributed by atoms with van der Waals surface area (Å²) in [6.45, 7) is 0.686. The normalized spacial score (nSPS) is 14.1. The van der Waals surface area contributed by atoms with Gasteiger partial charge in [0, 0.05) is 23.6 Å². The van der Waals surface area contributed by atoms with Crippen LogP contribution in [0.1, 0.15) is 29.5 Å². The van der Waals surface area contributed by atoms with Crippen LogP contribution in [0.5, 0.6) is 0 Å². The van der Waals surface area contributed by atoms with Crippen LogP contribution in [0.4, 0.5) is 19.0 Å². The topological polar surface area (TPSA) is 51.2 Å². The molecule has 27 heavy (non-hydrogen) atoms. The molecule has 0 saturated heterocycles. The minimum Gasteiger partial charge on any atom is -0.465 e. The summed E-state index contributed by atoms with van der Waals surface area (Å²) in [4.78, 5) is 15.7. The van der Waals surface area contributed by atoms with Crippen LogP contribution in [-0.2, 0) is 28.7 Å². The number of pyridine rings is 1. The number of carbonyl (C=O) groups is 1. The minimum absolute atomic E-state index is 0.0124. The third-order valence-electron chi connectivity index (χ3n) is 4.18. The zero-order chi connectivity index (χ0) is 19.4. The molecule has 0 atom stereocenters. The van der Waals surface area contributed by atoms with E-state index in [2.05, 4.69) is 26.2 Å². The summed E-state index contributed by atoms with van der Waals surface area (Å²) in [6.07, 6.45) is -0.241. The predicted molar refractivity (Wildman–Crippen MR) is 98.1 cm³/mol. The van der Waals surface area contributed by atoms with Crippen LogP contribution in [0.3, 0.4) is 0 Å². The number of alkyl halides is 3. The number of benzene rings is 1. The van der Waals surface area contributed by atoms with E-state index in [1.54, 1.807) is 12.3 Å². The molecule has 0 spiro atoms.